The molecule has 0 aliphatic heterocycles. The van der Waals surface area contributed by atoms with E-state index in [-0.39, 0.29) is 11.6 Å². The zero-order valence-electron chi connectivity index (χ0n) is 14.1. The molecule has 0 saturated carbocycles. The summed E-state index contributed by atoms with van der Waals surface area (Å²) in [5, 5.41) is 5.40. The molecule has 7 heteroatoms. The van der Waals surface area contributed by atoms with Gasteiger partial charge in [-0.15, -0.1) is 0 Å². The van der Waals surface area contributed by atoms with E-state index in [1.165, 1.54) is 12.1 Å². The number of carbonyl (C=O) groups excluding carboxylic acids is 1. The van der Waals surface area contributed by atoms with E-state index in [0.29, 0.717) is 5.75 Å². The predicted octanol–water partition coefficient (Wildman–Crippen LogP) is 3.12. The van der Waals surface area contributed by atoms with Crippen molar-refractivity contribution in [1.82, 2.24) is 10.6 Å². The lowest BCUT2D eigenvalue weighted by Crippen LogP contribution is -2.47. The fourth-order valence-corrected chi connectivity index (χ4v) is 3.07. The summed E-state index contributed by atoms with van der Waals surface area (Å²) in [6.07, 6.45) is 1.56. The van der Waals surface area contributed by atoms with Gasteiger partial charge in [-0.2, -0.15) is 0 Å². The molecule has 0 aliphatic rings. The number of hydrogen-bond donors (Lipinski definition) is 2. The van der Waals surface area contributed by atoms with Crippen molar-refractivity contribution in [3.8, 4) is 0 Å². The molecule has 0 saturated heterocycles. The lowest BCUT2D eigenvalue weighted by molar-refractivity contribution is 0.215. The fraction of sp³-hybridized carbons (Fsp3) is 0.562. The van der Waals surface area contributed by atoms with Crippen LogP contribution in [0.15, 0.2) is 18.2 Å². The maximum atomic E-state index is 14.1. The standard InChI is InChI=1S/C16H24F2N2O2S/c1-10(9-23(5)22)19-15(21)20-14(16(2,3)4)12-7-6-11(17)8-13(12)18/h6-8,10,14H,9H2,1-5H3,(H2,19,20,21)/t10-,14+,23-/m1/s1. The van der Waals surface area contributed by atoms with Gasteiger partial charge in [0.1, 0.15) is 11.6 Å². The van der Waals surface area contributed by atoms with Gasteiger partial charge in [0.05, 0.1) is 6.04 Å². The summed E-state index contributed by atoms with van der Waals surface area (Å²) in [4.78, 5) is 12.1. The molecule has 23 heavy (non-hydrogen) atoms. The summed E-state index contributed by atoms with van der Waals surface area (Å²) in [7, 11) is -1.03. The SMILES string of the molecule is C[C@H](C[S@@](C)=O)NC(=O)N[C@@H](c1ccc(F)cc1F)C(C)(C)C. The van der Waals surface area contributed by atoms with Crippen LogP contribution in [-0.4, -0.2) is 28.3 Å². The molecule has 1 rings (SSSR count). The molecular weight excluding hydrogens is 322 g/mol. The lowest BCUT2D eigenvalue weighted by Gasteiger charge is -2.32. The van der Waals surface area contributed by atoms with Gasteiger partial charge in [0.25, 0.3) is 0 Å². The van der Waals surface area contributed by atoms with E-state index in [0.717, 1.165) is 6.07 Å². The van der Waals surface area contributed by atoms with Crippen molar-refractivity contribution < 1.29 is 17.8 Å². The molecule has 0 radical (unpaired) electrons. The smallest absolute Gasteiger partial charge is 0.315 e. The molecule has 0 heterocycles. The second kappa shape index (κ2) is 7.86. The van der Waals surface area contributed by atoms with Gasteiger partial charge in [0.2, 0.25) is 0 Å². The van der Waals surface area contributed by atoms with Gasteiger partial charge in [0.15, 0.2) is 0 Å². The van der Waals surface area contributed by atoms with Gasteiger partial charge >= 0.3 is 6.03 Å². The van der Waals surface area contributed by atoms with Crippen molar-refractivity contribution in [3.63, 3.8) is 0 Å². The molecular formula is C16H24F2N2O2S. The van der Waals surface area contributed by atoms with Gasteiger partial charge in [-0.1, -0.05) is 26.8 Å². The van der Waals surface area contributed by atoms with Gasteiger partial charge in [-0.25, -0.2) is 13.6 Å². The molecule has 2 amide bonds. The van der Waals surface area contributed by atoms with Gasteiger partial charge in [0, 0.05) is 40.5 Å². The molecule has 1 aromatic rings. The Morgan fingerprint density at radius 2 is 1.87 bits per heavy atom. The van der Waals surface area contributed by atoms with Crippen LogP contribution in [0.2, 0.25) is 0 Å². The van der Waals surface area contributed by atoms with E-state index in [1.807, 2.05) is 20.8 Å². The minimum Gasteiger partial charge on any atom is -0.335 e. The third-order valence-corrected chi connectivity index (χ3v) is 4.25. The highest BCUT2D eigenvalue weighted by Crippen LogP contribution is 2.34. The molecule has 3 atom stereocenters. The Labute approximate surface area is 138 Å². The molecule has 0 aromatic heterocycles. The van der Waals surface area contributed by atoms with E-state index >= 15 is 0 Å². The normalized spacial score (nSPS) is 15.6. The topological polar surface area (TPSA) is 58.2 Å². The van der Waals surface area contributed by atoms with Crippen molar-refractivity contribution in [2.75, 3.05) is 12.0 Å². The third-order valence-electron chi connectivity index (χ3n) is 3.28. The van der Waals surface area contributed by atoms with E-state index in [9.17, 15) is 17.8 Å². The molecule has 0 unspecified atom stereocenters. The molecule has 1 aromatic carbocycles. The highest BCUT2D eigenvalue weighted by Gasteiger charge is 2.30. The summed E-state index contributed by atoms with van der Waals surface area (Å²) < 4.78 is 38.3. The second-order valence-electron chi connectivity index (χ2n) is 6.72. The number of halogens is 2. The van der Waals surface area contributed by atoms with Crippen LogP contribution in [0.5, 0.6) is 0 Å². The molecule has 0 fully saturated rings. The number of hydrogen-bond acceptors (Lipinski definition) is 2. The summed E-state index contributed by atoms with van der Waals surface area (Å²) in [5.41, 5.74) is -0.256. The van der Waals surface area contributed by atoms with Crippen LogP contribution in [0.4, 0.5) is 13.6 Å². The van der Waals surface area contributed by atoms with Gasteiger partial charge in [-0.05, 0) is 18.4 Å². The van der Waals surface area contributed by atoms with Crippen LogP contribution in [-0.2, 0) is 10.8 Å². The summed E-state index contributed by atoms with van der Waals surface area (Å²) in [6, 6.07) is 1.91. The maximum Gasteiger partial charge on any atom is 0.315 e. The van der Waals surface area contributed by atoms with Crippen molar-refractivity contribution in [3.05, 3.63) is 35.4 Å². The predicted molar refractivity (Wildman–Crippen MR) is 88.6 cm³/mol. The van der Waals surface area contributed by atoms with E-state index in [1.54, 1.807) is 13.2 Å². The van der Waals surface area contributed by atoms with Crippen LogP contribution in [0.1, 0.15) is 39.3 Å². The first kappa shape index (κ1) is 19.5. The largest absolute Gasteiger partial charge is 0.335 e. The Hall–Kier alpha value is -1.50. The van der Waals surface area contributed by atoms with Crippen LogP contribution in [0.3, 0.4) is 0 Å². The van der Waals surface area contributed by atoms with E-state index < -0.39 is 39.9 Å². The van der Waals surface area contributed by atoms with E-state index in [4.69, 9.17) is 0 Å². The van der Waals surface area contributed by atoms with Gasteiger partial charge < -0.3 is 10.6 Å². The fourth-order valence-electron chi connectivity index (χ4n) is 2.29. The molecule has 0 bridgehead atoms. The number of urea groups is 1. The summed E-state index contributed by atoms with van der Waals surface area (Å²) in [6.45, 7) is 7.30. The van der Waals surface area contributed by atoms with Crippen LogP contribution in [0, 0.1) is 17.0 Å². The monoisotopic (exact) mass is 346 g/mol. The maximum absolute atomic E-state index is 14.1. The molecule has 0 aliphatic carbocycles. The zero-order chi connectivity index (χ0) is 17.8. The van der Waals surface area contributed by atoms with Crippen molar-refractivity contribution >= 4 is 16.8 Å². The lowest BCUT2D eigenvalue weighted by atomic mass is 9.82. The Morgan fingerprint density at radius 3 is 2.35 bits per heavy atom. The number of benzene rings is 1. The summed E-state index contributed by atoms with van der Waals surface area (Å²) >= 11 is 0. The van der Waals surface area contributed by atoms with Crippen LogP contribution in [0.25, 0.3) is 0 Å². The minimum atomic E-state index is -1.03. The third kappa shape index (κ3) is 6.25. The van der Waals surface area contributed by atoms with Crippen molar-refractivity contribution in [1.29, 1.82) is 0 Å². The number of carbonyl (C=O) groups is 1. The first-order valence-electron chi connectivity index (χ1n) is 7.32. The average molecular weight is 346 g/mol. The molecule has 4 nitrogen and oxygen atoms in total. The highest BCUT2D eigenvalue weighted by atomic mass is 32.2. The number of rotatable bonds is 5. The first-order valence-corrected chi connectivity index (χ1v) is 9.05. The molecule has 0 spiro atoms. The second-order valence-corrected chi connectivity index (χ2v) is 8.20. The molecule has 2 N–H and O–H groups in total. The van der Waals surface area contributed by atoms with Crippen LogP contribution < -0.4 is 10.6 Å². The molecule has 130 valence electrons. The Morgan fingerprint density at radius 1 is 1.26 bits per heavy atom. The average Bonchev–Trinajstić information content (AvgIpc) is 2.34. The Balaban J connectivity index is 2.92. The van der Waals surface area contributed by atoms with Crippen molar-refractivity contribution in [2.45, 2.75) is 39.8 Å². The first-order chi connectivity index (χ1) is 10.5. The summed E-state index contributed by atoms with van der Waals surface area (Å²) in [5.74, 6) is -1.03. The van der Waals surface area contributed by atoms with Crippen molar-refractivity contribution in [2.24, 2.45) is 5.41 Å². The van der Waals surface area contributed by atoms with E-state index in [2.05, 4.69) is 10.6 Å². The number of amides is 2. The number of nitrogens with one attached hydrogen (secondary N) is 2. The quantitative estimate of drug-likeness (QED) is 0.861. The van der Waals surface area contributed by atoms with Crippen LogP contribution >= 0.6 is 0 Å². The Bertz CT molecular complexity index is 588. The highest BCUT2D eigenvalue weighted by molar-refractivity contribution is 7.84. The minimum absolute atomic E-state index is 0.223. The van der Waals surface area contributed by atoms with Gasteiger partial charge in [-0.3, -0.25) is 4.21 Å². The Kier molecular flexibility index (Phi) is 6.68. The zero-order valence-corrected chi connectivity index (χ0v) is 14.9.